The van der Waals surface area contributed by atoms with Crippen molar-refractivity contribution < 1.29 is 14.3 Å². The standard InChI is InChI=1S/C25H35NO3Si2/c1-9-29-24(27)14-18(2)19-10-12-21(13-11-19)26-25(28)20-15-22(30(3,4)5)17-23(16-20)31(6,7)8/h10-17H,9H2,1-8H3,(H,26,28)/b18-14+. The Hall–Kier alpha value is -2.45. The summed E-state index contributed by atoms with van der Waals surface area (Å²) in [7, 11) is -3.11. The lowest BCUT2D eigenvalue weighted by atomic mass is 10.1. The van der Waals surface area contributed by atoms with Crippen LogP contribution in [-0.4, -0.2) is 34.6 Å². The Morgan fingerprint density at radius 2 is 1.39 bits per heavy atom. The highest BCUT2D eigenvalue weighted by Gasteiger charge is 2.24. The van der Waals surface area contributed by atoms with Crippen LogP contribution in [0.1, 0.15) is 29.8 Å². The molecule has 4 nitrogen and oxygen atoms in total. The summed E-state index contributed by atoms with van der Waals surface area (Å²) in [6, 6.07) is 14.0. The maximum absolute atomic E-state index is 13.1. The number of ether oxygens (including phenoxy) is 1. The summed E-state index contributed by atoms with van der Waals surface area (Å²) in [5.41, 5.74) is 3.18. The van der Waals surface area contributed by atoms with Gasteiger partial charge in [0, 0.05) is 17.3 Å². The molecule has 0 spiro atoms. The van der Waals surface area contributed by atoms with Crippen LogP contribution in [0.25, 0.3) is 5.57 Å². The summed E-state index contributed by atoms with van der Waals surface area (Å²) < 4.78 is 4.96. The van der Waals surface area contributed by atoms with Gasteiger partial charge >= 0.3 is 5.97 Å². The molecular weight excluding hydrogens is 418 g/mol. The van der Waals surface area contributed by atoms with E-state index in [0.29, 0.717) is 6.61 Å². The third-order valence-corrected chi connectivity index (χ3v) is 9.19. The van der Waals surface area contributed by atoms with Crippen LogP contribution in [0, 0.1) is 0 Å². The topological polar surface area (TPSA) is 55.4 Å². The van der Waals surface area contributed by atoms with Crippen LogP contribution < -0.4 is 15.7 Å². The number of amides is 1. The van der Waals surface area contributed by atoms with E-state index in [4.69, 9.17) is 4.74 Å². The van der Waals surface area contributed by atoms with E-state index in [9.17, 15) is 9.59 Å². The highest BCUT2D eigenvalue weighted by Crippen LogP contribution is 2.18. The van der Waals surface area contributed by atoms with Gasteiger partial charge < -0.3 is 10.1 Å². The van der Waals surface area contributed by atoms with Crippen molar-refractivity contribution in [1.82, 2.24) is 0 Å². The zero-order chi connectivity index (χ0) is 23.4. The molecule has 0 heterocycles. The molecule has 166 valence electrons. The first-order valence-corrected chi connectivity index (χ1v) is 17.7. The van der Waals surface area contributed by atoms with Crippen molar-refractivity contribution in [2.24, 2.45) is 0 Å². The Balaban J connectivity index is 2.26. The maximum Gasteiger partial charge on any atom is 0.331 e. The number of benzene rings is 2. The van der Waals surface area contributed by atoms with Gasteiger partial charge in [-0.25, -0.2) is 4.79 Å². The van der Waals surface area contributed by atoms with Gasteiger partial charge in [-0.2, -0.15) is 0 Å². The molecule has 0 aromatic heterocycles. The third-order valence-electron chi connectivity index (χ3n) is 5.15. The van der Waals surface area contributed by atoms with Gasteiger partial charge in [0.05, 0.1) is 22.8 Å². The molecule has 0 aliphatic heterocycles. The molecule has 1 amide bonds. The normalized spacial score (nSPS) is 12.5. The summed E-state index contributed by atoms with van der Waals surface area (Å²) in [5, 5.41) is 5.65. The Labute approximate surface area is 188 Å². The second-order valence-electron chi connectivity index (χ2n) is 9.91. The van der Waals surface area contributed by atoms with E-state index in [1.54, 1.807) is 6.92 Å². The van der Waals surface area contributed by atoms with Crippen molar-refractivity contribution in [2.45, 2.75) is 53.1 Å². The SMILES string of the molecule is CCOC(=O)/C=C(\C)c1ccc(NC(=O)c2cc([Si](C)(C)C)cc([Si](C)(C)C)c2)cc1. The number of allylic oxidation sites excluding steroid dienone is 1. The smallest absolute Gasteiger partial charge is 0.331 e. The van der Waals surface area contributed by atoms with Gasteiger partial charge in [0.1, 0.15) is 0 Å². The minimum Gasteiger partial charge on any atom is -0.463 e. The number of esters is 1. The van der Waals surface area contributed by atoms with Gasteiger partial charge in [0.15, 0.2) is 0 Å². The first-order valence-electron chi connectivity index (χ1n) is 10.7. The first-order chi connectivity index (χ1) is 14.3. The summed E-state index contributed by atoms with van der Waals surface area (Å²) in [6.07, 6.45) is 1.48. The van der Waals surface area contributed by atoms with Gasteiger partial charge in [-0.3, -0.25) is 4.79 Å². The molecular formula is C25H35NO3Si2. The predicted octanol–water partition coefficient (Wildman–Crippen LogP) is 5.00. The number of hydrogen-bond acceptors (Lipinski definition) is 3. The van der Waals surface area contributed by atoms with Crippen molar-refractivity contribution >= 4 is 49.7 Å². The molecule has 0 saturated carbocycles. The van der Waals surface area contributed by atoms with Crippen LogP contribution in [0.4, 0.5) is 5.69 Å². The zero-order valence-corrected chi connectivity index (χ0v) is 22.1. The van der Waals surface area contributed by atoms with Gasteiger partial charge in [0.25, 0.3) is 5.91 Å². The van der Waals surface area contributed by atoms with Crippen molar-refractivity contribution in [3.8, 4) is 0 Å². The van der Waals surface area contributed by atoms with E-state index >= 15 is 0 Å². The molecule has 0 aliphatic rings. The van der Waals surface area contributed by atoms with Gasteiger partial charge in [-0.1, -0.05) is 80.0 Å². The molecule has 0 fully saturated rings. The third kappa shape index (κ3) is 7.04. The van der Waals surface area contributed by atoms with Crippen LogP contribution in [0.2, 0.25) is 39.3 Å². The number of carbonyl (C=O) groups excluding carboxylic acids is 2. The predicted molar refractivity (Wildman–Crippen MR) is 137 cm³/mol. The molecule has 2 aromatic carbocycles. The van der Waals surface area contributed by atoms with Crippen molar-refractivity contribution in [1.29, 1.82) is 0 Å². The molecule has 1 N–H and O–H groups in total. The fourth-order valence-corrected chi connectivity index (χ4v) is 5.59. The minimum atomic E-state index is -1.55. The lowest BCUT2D eigenvalue weighted by Gasteiger charge is -2.24. The van der Waals surface area contributed by atoms with Crippen LogP contribution >= 0.6 is 0 Å². The monoisotopic (exact) mass is 453 g/mol. The number of hydrogen-bond donors (Lipinski definition) is 1. The first kappa shape index (κ1) is 24.8. The van der Waals surface area contributed by atoms with Crippen LogP contribution in [-0.2, 0) is 9.53 Å². The molecule has 0 saturated heterocycles. The average molecular weight is 454 g/mol. The fourth-order valence-electron chi connectivity index (χ4n) is 3.09. The fraction of sp³-hybridized carbons (Fsp3) is 0.360. The van der Waals surface area contributed by atoms with Gasteiger partial charge in [-0.15, -0.1) is 0 Å². The number of rotatable bonds is 7. The maximum atomic E-state index is 13.1. The summed E-state index contributed by atoms with van der Waals surface area (Å²) in [6.45, 7) is 17.9. The second-order valence-corrected chi connectivity index (χ2v) is 20.1. The average Bonchev–Trinajstić information content (AvgIpc) is 2.67. The zero-order valence-electron chi connectivity index (χ0n) is 20.1. The number of carbonyl (C=O) groups is 2. The quantitative estimate of drug-likeness (QED) is 0.365. The van der Waals surface area contributed by atoms with Gasteiger partial charge in [0.2, 0.25) is 0 Å². The van der Waals surface area contributed by atoms with E-state index < -0.39 is 16.1 Å². The minimum absolute atomic E-state index is 0.0915. The van der Waals surface area contributed by atoms with Crippen LogP contribution in [0.15, 0.2) is 48.5 Å². The molecule has 2 rings (SSSR count). The molecule has 0 atom stereocenters. The van der Waals surface area contributed by atoms with E-state index in [2.05, 4.69) is 62.8 Å². The van der Waals surface area contributed by atoms with Gasteiger partial charge in [-0.05, 0) is 37.1 Å². The molecule has 31 heavy (non-hydrogen) atoms. The number of anilines is 1. The summed E-state index contributed by atoms with van der Waals surface area (Å²) >= 11 is 0. The van der Waals surface area contributed by atoms with E-state index in [-0.39, 0.29) is 11.9 Å². The highest BCUT2D eigenvalue weighted by atomic mass is 28.3. The molecule has 0 bridgehead atoms. The summed E-state index contributed by atoms with van der Waals surface area (Å²) in [5.74, 6) is -0.441. The lowest BCUT2D eigenvalue weighted by molar-refractivity contribution is -0.137. The Kier molecular flexibility index (Phi) is 7.84. The van der Waals surface area contributed by atoms with Crippen molar-refractivity contribution in [2.75, 3.05) is 11.9 Å². The van der Waals surface area contributed by atoms with E-state index in [1.165, 1.54) is 16.4 Å². The molecule has 6 heteroatoms. The molecule has 0 unspecified atom stereocenters. The van der Waals surface area contributed by atoms with Crippen LogP contribution in [0.3, 0.4) is 0 Å². The second kappa shape index (κ2) is 9.79. The lowest BCUT2D eigenvalue weighted by Crippen LogP contribution is -2.46. The summed E-state index contributed by atoms with van der Waals surface area (Å²) in [4.78, 5) is 24.7. The Bertz CT molecular complexity index is 949. The number of nitrogens with one attached hydrogen (secondary N) is 1. The molecule has 0 aliphatic carbocycles. The van der Waals surface area contributed by atoms with Crippen molar-refractivity contribution in [3.05, 3.63) is 59.7 Å². The van der Waals surface area contributed by atoms with Crippen LogP contribution in [0.5, 0.6) is 0 Å². The van der Waals surface area contributed by atoms with E-state index in [1.807, 2.05) is 31.2 Å². The highest BCUT2D eigenvalue weighted by molar-refractivity contribution is 6.91. The molecule has 2 aromatic rings. The molecule has 0 radical (unpaired) electrons. The largest absolute Gasteiger partial charge is 0.463 e. The Morgan fingerprint density at radius 1 is 0.871 bits per heavy atom. The van der Waals surface area contributed by atoms with E-state index in [0.717, 1.165) is 22.4 Å². The van der Waals surface area contributed by atoms with Crippen molar-refractivity contribution in [3.63, 3.8) is 0 Å². The Morgan fingerprint density at radius 3 is 1.84 bits per heavy atom.